The van der Waals surface area contributed by atoms with Crippen LogP contribution in [0.2, 0.25) is 0 Å². The zero-order chi connectivity index (χ0) is 11.8. The number of rotatable bonds is 2. The minimum atomic E-state index is 0.238. The SMILES string of the molecule is Cc1ccc(O)c(Nn2[nH]c3ccccc32)c1. The molecule has 0 fully saturated rings. The number of aromatic nitrogens is 2. The largest absolute Gasteiger partial charge is 0.506 e. The summed E-state index contributed by atoms with van der Waals surface area (Å²) in [5.74, 6) is 0.238. The molecule has 0 atom stereocenters. The van der Waals surface area contributed by atoms with Gasteiger partial charge >= 0.3 is 0 Å². The molecule has 3 N–H and O–H groups in total. The first-order valence-electron chi connectivity index (χ1n) is 5.46. The summed E-state index contributed by atoms with van der Waals surface area (Å²) in [5, 5.41) is 12.9. The molecule has 17 heavy (non-hydrogen) atoms. The number of anilines is 1. The van der Waals surface area contributed by atoms with E-state index < -0.39 is 0 Å². The van der Waals surface area contributed by atoms with Crippen molar-refractivity contribution in [2.75, 3.05) is 5.43 Å². The van der Waals surface area contributed by atoms with Crippen LogP contribution in [0.25, 0.3) is 11.0 Å². The number of para-hydroxylation sites is 2. The van der Waals surface area contributed by atoms with Gasteiger partial charge in [0.05, 0.1) is 11.2 Å². The number of H-pyrrole nitrogens is 1. The molecular formula is C13H13N3O. The highest BCUT2D eigenvalue weighted by Crippen LogP contribution is 2.25. The standard InChI is InChI=1S/C13H13N3O/c1-9-6-7-13(17)11(8-9)15-16-12-5-3-2-4-10(12)14-16/h2-8,14-15,17H,1H3. The fourth-order valence-corrected chi connectivity index (χ4v) is 1.84. The number of phenols is 1. The molecule has 3 aromatic rings. The summed E-state index contributed by atoms with van der Waals surface area (Å²) in [5.41, 5.74) is 7.04. The molecule has 1 aromatic heterocycles. The van der Waals surface area contributed by atoms with E-state index in [9.17, 15) is 5.11 Å². The number of nitrogens with zero attached hydrogens (tertiary/aromatic N) is 1. The zero-order valence-electron chi connectivity index (χ0n) is 9.44. The number of aromatic hydroxyl groups is 1. The molecule has 0 bridgehead atoms. The lowest BCUT2D eigenvalue weighted by molar-refractivity contribution is 0.476. The van der Waals surface area contributed by atoms with E-state index in [1.54, 1.807) is 10.9 Å². The molecular weight excluding hydrogens is 214 g/mol. The normalized spacial score (nSPS) is 10.9. The van der Waals surface area contributed by atoms with Gasteiger partial charge in [0.2, 0.25) is 0 Å². The van der Waals surface area contributed by atoms with Crippen LogP contribution in [0.3, 0.4) is 0 Å². The van der Waals surface area contributed by atoms with Crippen molar-refractivity contribution in [2.45, 2.75) is 6.92 Å². The van der Waals surface area contributed by atoms with Crippen LogP contribution in [-0.4, -0.2) is 15.0 Å². The van der Waals surface area contributed by atoms with E-state index in [4.69, 9.17) is 0 Å². The third-order valence-electron chi connectivity index (χ3n) is 2.76. The average Bonchev–Trinajstić information content (AvgIpc) is 2.30. The van der Waals surface area contributed by atoms with E-state index in [0.717, 1.165) is 16.6 Å². The molecule has 0 radical (unpaired) electrons. The molecule has 0 unspecified atom stereocenters. The molecule has 4 nitrogen and oxygen atoms in total. The van der Waals surface area contributed by atoms with Crippen molar-refractivity contribution in [2.24, 2.45) is 0 Å². The van der Waals surface area contributed by atoms with Gasteiger partial charge in [-0.2, -0.15) is 4.79 Å². The Morgan fingerprint density at radius 1 is 1.18 bits per heavy atom. The summed E-state index contributed by atoms with van der Waals surface area (Å²) in [7, 11) is 0. The summed E-state index contributed by atoms with van der Waals surface area (Å²) in [6, 6.07) is 13.4. The van der Waals surface area contributed by atoms with Crippen LogP contribution in [0.5, 0.6) is 5.75 Å². The van der Waals surface area contributed by atoms with Crippen molar-refractivity contribution in [3.8, 4) is 5.75 Å². The van der Waals surface area contributed by atoms with Crippen LogP contribution in [-0.2, 0) is 0 Å². The average molecular weight is 227 g/mol. The molecule has 0 spiro atoms. The van der Waals surface area contributed by atoms with Gasteiger partial charge in [0.25, 0.3) is 0 Å². The molecule has 4 heteroatoms. The Bertz CT molecular complexity index is 666. The quantitative estimate of drug-likeness (QED) is 0.590. The van der Waals surface area contributed by atoms with Gasteiger partial charge in [-0.05, 0) is 36.8 Å². The summed E-state index contributed by atoms with van der Waals surface area (Å²) in [4.78, 5) is 1.78. The highest BCUT2D eigenvalue weighted by molar-refractivity contribution is 5.78. The molecule has 0 aliphatic rings. The Morgan fingerprint density at radius 2 is 2.00 bits per heavy atom. The van der Waals surface area contributed by atoms with Crippen LogP contribution >= 0.6 is 0 Å². The maximum Gasteiger partial charge on any atom is 0.140 e. The lowest BCUT2D eigenvalue weighted by Gasteiger charge is -2.18. The second-order valence-electron chi connectivity index (χ2n) is 4.10. The minimum absolute atomic E-state index is 0.238. The third kappa shape index (κ3) is 1.63. The lowest BCUT2D eigenvalue weighted by atomic mass is 10.2. The van der Waals surface area contributed by atoms with E-state index in [0.29, 0.717) is 5.69 Å². The highest BCUT2D eigenvalue weighted by Gasteiger charge is 2.06. The molecule has 0 aliphatic carbocycles. The first kappa shape index (κ1) is 9.84. The Hall–Kier alpha value is -2.36. The van der Waals surface area contributed by atoms with E-state index in [-0.39, 0.29) is 5.75 Å². The Labute approximate surface area is 98.4 Å². The van der Waals surface area contributed by atoms with Gasteiger partial charge in [0.15, 0.2) is 0 Å². The van der Waals surface area contributed by atoms with Crippen molar-refractivity contribution in [1.29, 1.82) is 0 Å². The lowest BCUT2D eigenvalue weighted by Crippen LogP contribution is -2.18. The molecule has 3 rings (SSSR count). The van der Waals surface area contributed by atoms with Gasteiger partial charge in [0, 0.05) is 0 Å². The van der Waals surface area contributed by atoms with Crippen LogP contribution in [0.1, 0.15) is 5.56 Å². The maximum absolute atomic E-state index is 9.73. The number of nitrogens with one attached hydrogen (secondary N) is 2. The van der Waals surface area contributed by atoms with Gasteiger partial charge in [-0.1, -0.05) is 18.2 Å². The van der Waals surface area contributed by atoms with Crippen LogP contribution in [0, 0.1) is 6.92 Å². The molecule has 0 aliphatic heterocycles. The number of phenolic OH excluding ortho intramolecular Hbond substituents is 1. The van der Waals surface area contributed by atoms with Gasteiger partial charge in [0.1, 0.15) is 11.3 Å². The fourth-order valence-electron chi connectivity index (χ4n) is 1.84. The number of hydrogen-bond acceptors (Lipinski definition) is 2. The Balaban J connectivity index is 1.96. The third-order valence-corrected chi connectivity index (χ3v) is 2.76. The maximum atomic E-state index is 9.73. The molecule has 0 saturated carbocycles. The van der Waals surface area contributed by atoms with Gasteiger partial charge in [-0.3, -0.25) is 10.5 Å². The second kappa shape index (κ2) is 3.59. The summed E-state index contributed by atoms with van der Waals surface area (Å²) < 4.78 is 0. The molecule has 1 heterocycles. The predicted octanol–water partition coefficient (Wildman–Crippen LogP) is 2.86. The number of fused-ring (bicyclic) bond motifs is 1. The molecule has 86 valence electrons. The van der Waals surface area contributed by atoms with Crippen molar-refractivity contribution < 1.29 is 5.11 Å². The number of hydrogen-bond donors (Lipinski definition) is 3. The van der Waals surface area contributed by atoms with Crippen LogP contribution in [0.15, 0.2) is 42.5 Å². The number of aryl methyl sites for hydroxylation is 1. The molecule has 0 amide bonds. The fraction of sp³-hybridized carbons (Fsp3) is 0.0769. The number of benzene rings is 2. The van der Waals surface area contributed by atoms with Gasteiger partial charge in [-0.25, -0.2) is 0 Å². The van der Waals surface area contributed by atoms with E-state index in [2.05, 4.69) is 10.5 Å². The van der Waals surface area contributed by atoms with Gasteiger partial charge < -0.3 is 5.11 Å². The van der Waals surface area contributed by atoms with E-state index in [1.807, 2.05) is 43.3 Å². The van der Waals surface area contributed by atoms with Crippen LogP contribution < -0.4 is 5.43 Å². The summed E-state index contributed by atoms with van der Waals surface area (Å²) >= 11 is 0. The van der Waals surface area contributed by atoms with Crippen molar-refractivity contribution >= 4 is 16.7 Å². The highest BCUT2D eigenvalue weighted by atomic mass is 16.3. The summed E-state index contributed by atoms with van der Waals surface area (Å²) in [6.07, 6.45) is 0. The van der Waals surface area contributed by atoms with E-state index in [1.165, 1.54) is 0 Å². The monoisotopic (exact) mass is 227 g/mol. The topological polar surface area (TPSA) is 53.0 Å². The van der Waals surface area contributed by atoms with Crippen molar-refractivity contribution in [3.63, 3.8) is 0 Å². The molecule has 0 saturated heterocycles. The first-order chi connectivity index (χ1) is 8.24. The molecule has 2 aromatic carbocycles. The minimum Gasteiger partial charge on any atom is -0.506 e. The second-order valence-corrected chi connectivity index (χ2v) is 4.10. The predicted molar refractivity (Wildman–Crippen MR) is 68.2 cm³/mol. The number of aromatic amines is 1. The van der Waals surface area contributed by atoms with E-state index >= 15 is 0 Å². The Kier molecular flexibility index (Phi) is 2.08. The van der Waals surface area contributed by atoms with Gasteiger partial charge in [-0.15, -0.1) is 0 Å². The van der Waals surface area contributed by atoms with Crippen molar-refractivity contribution in [1.82, 2.24) is 9.89 Å². The summed E-state index contributed by atoms with van der Waals surface area (Å²) in [6.45, 7) is 1.99. The smallest absolute Gasteiger partial charge is 0.140 e. The van der Waals surface area contributed by atoms with Crippen LogP contribution in [0.4, 0.5) is 5.69 Å². The Morgan fingerprint density at radius 3 is 2.82 bits per heavy atom. The zero-order valence-corrected chi connectivity index (χ0v) is 9.44. The first-order valence-corrected chi connectivity index (χ1v) is 5.46. The van der Waals surface area contributed by atoms with Crippen molar-refractivity contribution in [3.05, 3.63) is 48.0 Å².